The summed E-state index contributed by atoms with van der Waals surface area (Å²) in [5.74, 6) is -0.614. The van der Waals surface area contributed by atoms with Crippen LogP contribution in [0, 0.1) is 0 Å². The van der Waals surface area contributed by atoms with Crippen LogP contribution < -0.4 is 5.32 Å². The lowest BCUT2D eigenvalue weighted by atomic mass is 10.1. The molecule has 0 saturated carbocycles. The zero-order valence-corrected chi connectivity index (χ0v) is 10.3. The summed E-state index contributed by atoms with van der Waals surface area (Å²) >= 11 is 0. The highest BCUT2D eigenvalue weighted by Crippen LogP contribution is 2.34. The van der Waals surface area contributed by atoms with Crippen molar-refractivity contribution in [1.29, 1.82) is 0 Å². The molecule has 0 aliphatic rings. The first-order valence-electron chi connectivity index (χ1n) is 5.62. The Morgan fingerprint density at radius 1 is 1.42 bits per heavy atom. The first kappa shape index (κ1) is 15.1. The maximum atomic E-state index is 12.7. The monoisotopic (exact) mass is 273 g/mol. The number of alkyl halides is 3. The van der Waals surface area contributed by atoms with Crippen LogP contribution in [-0.2, 0) is 11.0 Å². The quantitative estimate of drug-likeness (QED) is 0.829. The fraction of sp³-hybridized carbons (Fsp3) is 0.308. The minimum atomic E-state index is -4.52. The SMILES string of the molecule is CC(=O)NCCC=Cc1ccc(O)cc1C(F)(F)F. The molecule has 19 heavy (non-hydrogen) atoms. The Labute approximate surface area is 108 Å². The molecule has 1 rings (SSSR count). The van der Waals surface area contributed by atoms with Crippen LogP contribution in [0.3, 0.4) is 0 Å². The zero-order chi connectivity index (χ0) is 14.5. The summed E-state index contributed by atoms with van der Waals surface area (Å²) in [7, 11) is 0. The number of amides is 1. The van der Waals surface area contributed by atoms with Gasteiger partial charge in [-0.15, -0.1) is 0 Å². The fourth-order valence-electron chi connectivity index (χ4n) is 1.48. The van der Waals surface area contributed by atoms with Gasteiger partial charge in [0.05, 0.1) is 5.56 Å². The largest absolute Gasteiger partial charge is 0.508 e. The Balaban J connectivity index is 2.78. The van der Waals surface area contributed by atoms with E-state index in [4.69, 9.17) is 5.11 Å². The van der Waals surface area contributed by atoms with Crippen LogP contribution in [0.4, 0.5) is 13.2 Å². The summed E-state index contributed by atoms with van der Waals surface area (Å²) in [6, 6.07) is 3.09. The van der Waals surface area contributed by atoms with Crippen molar-refractivity contribution in [3.8, 4) is 5.75 Å². The predicted octanol–water partition coefficient (Wildman–Crippen LogP) is 2.95. The minimum absolute atomic E-state index is 0.0203. The van der Waals surface area contributed by atoms with Crippen LogP contribution in [0.25, 0.3) is 6.08 Å². The van der Waals surface area contributed by atoms with Gasteiger partial charge in [0.1, 0.15) is 5.75 Å². The number of halogens is 3. The number of carbonyl (C=O) groups is 1. The molecule has 0 saturated heterocycles. The first-order valence-corrected chi connectivity index (χ1v) is 5.62. The molecule has 0 aliphatic carbocycles. The van der Waals surface area contributed by atoms with Crippen molar-refractivity contribution in [3.05, 3.63) is 35.4 Å². The maximum Gasteiger partial charge on any atom is 0.417 e. The lowest BCUT2D eigenvalue weighted by Gasteiger charge is -2.10. The number of phenolic OH excluding ortho intramolecular Hbond substituents is 1. The van der Waals surface area contributed by atoms with Gasteiger partial charge >= 0.3 is 6.18 Å². The van der Waals surface area contributed by atoms with Crippen molar-refractivity contribution in [1.82, 2.24) is 5.32 Å². The van der Waals surface area contributed by atoms with Gasteiger partial charge in [-0.25, -0.2) is 0 Å². The van der Waals surface area contributed by atoms with Crippen LogP contribution in [-0.4, -0.2) is 17.6 Å². The van der Waals surface area contributed by atoms with Gasteiger partial charge in [-0.2, -0.15) is 13.2 Å². The van der Waals surface area contributed by atoms with E-state index in [0.29, 0.717) is 19.0 Å². The van der Waals surface area contributed by atoms with Gasteiger partial charge in [0.2, 0.25) is 5.91 Å². The number of hydrogen-bond donors (Lipinski definition) is 2. The van der Waals surface area contributed by atoms with E-state index in [1.807, 2.05) is 0 Å². The van der Waals surface area contributed by atoms with Crippen LogP contribution in [0.15, 0.2) is 24.3 Å². The van der Waals surface area contributed by atoms with E-state index in [1.54, 1.807) is 0 Å². The molecule has 0 fully saturated rings. The Morgan fingerprint density at radius 2 is 2.11 bits per heavy atom. The fourth-order valence-corrected chi connectivity index (χ4v) is 1.48. The molecule has 0 unspecified atom stereocenters. The number of carbonyl (C=O) groups excluding carboxylic acids is 1. The Morgan fingerprint density at radius 3 is 2.68 bits per heavy atom. The molecular weight excluding hydrogens is 259 g/mol. The van der Waals surface area contributed by atoms with E-state index in [9.17, 15) is 18.0 Å². The summed E-state index contributed by atoms with van der Waals surface area (Å²) in [6.07, 6.45) is -1.23. The minimum Gasteiger partial charge on any atom is -0.508 e. The normalized spacial score (nSPS) is 11.8. The van der Waals surface area contributed by atoms with E-state index in [-0.39, 0.29) is 11.5 Å². The highest BCUT2D eigenvalue weighted by atomic mass is 19.4. The molecule has 0 spiro atoms. The second-order valence-electron chi connectivity index (χ2n) is 3.94. The number of hydrogen-bond acceptors (Lipinski definition) is 2. The van der Waals surface area contributed by atoms with Crippen molar-refractivity contribution in [2.75, 3.05) is 6.54 Å². The Kier molecular flexibility index (Phi) is 4.97. The average molecular weight is 273 g/mol. The third kappa shape index (κ3) is 5.03. The van der Waals surface area contributed by atoms with Crippen molar-refractivity contribution in [2.24, 2.45) is 0 Å². The maximum absolute atomic E-state index is 12.7. The van der Waals surface area contributed by atoms with Crippen LogP contribution in [0.2, 0.25) is 0 Å². The summed E-state index contributed by atoms with van der Waals surface area (Å²) in [6.45, 7) is 1.73. The molecule has 0 aromatic heterocycles. The molecular formula is C13H14F3NO2. The third-order valence-corrected chi connectivity index (χ3v) is 2.32. The third-order valence-electron chi connectivity index (χ3n) is 2.32. The van der Waals surface area contributed by atoms with E-state index in [1.165, 1.54) is 31.2 Å². The lowest BCUT2D eigenvalue weighted by Crippen LogP contribution is -2.20. The second-order valence-corrected chi connectivity index (χ2v) is 3.94. The van der Waals surface area contributed by atoms with E-state index < -0.39 is 17.5 Å². The summed E-state index contributed by atoms with van der Waals surface area (Å²) in [5.41, 5.74) is -0.906. The van der Waals surface area contributed by atoms with Gasteiger partial charge < -0.3 is 10.4 Å². The summed E-state index contributed by atoms with van der Waals surface area (Å²) < 4.78 is 38.1. The van der Waals surface area contributed by atoms with E-state index in [2.05, 4.69) is 5.32 Å². The number of rotatable bonds is 4. The summed E-state index contributed by atoms with van der Waals surface area (Å²) in [4.78, 5) is 10.6. The molecule has 0 bridgehead atoms. The first-order chi connectivity index (χ1) is 8.80. The van der Waals surface area contributed by atoms with Crippen LogP contribution >= 0.6 is 0 Å². The summed E-state index contributed by atoms with van der Waals surface area (Å²) in [5, 5.41) is 11.6. The molecule has 3 nitrogen and oxygen atoms in total. The highest BCUT2D eigenvalue weighted by Gasteiger charge is 2.33. The van der Waals surface area contributed by atoms with Gasteiger partial charge in [-0.3, -0.25) is 4.79 Å². The number of nitrogens with one attached hydrogen (secondary N) is 1. The Hall–Kier alpha value is -1.98. The second kappa shape index (κ2) is 6.26. The molecule has 0 heterocycles. The highest BCUT2D eigenvalue weighted by molar-refractivity contribution is 5.72. The molecule has 1 amide bonds. The van der Waals surface area contributed by atoms with Crippen molar-refractivity contribution in [2.45, 2.75) is 19.5 Å². The van der Waals surface area contributed by atoms with Crippen molar-refractivity contribution in [3.63, 3.8) is 0 Å². The van der Waals surface area contributed by atoms with Crippen molar-refractivity contribution >= 4 is 12.0 Å². The van der Waals surface area contributed by atoms with E-state index in [0.717, 1.165) is 0 Å². The Bertz CT molecular complexity index is 481. The molecule has 0 aliphatic heterocycles. The van der Waals surface area contributed by atoms with E-state index >= 15 is 0 Å². The van der Waals surface area contributed by atoms with Crippen LogP contribution in [0.5, 0.6) is 5.75 Å². The van der Waals surface area contributed by atoms with Gasteiger partial charge in [-0.1, -0.05) is 18.2 Å². The topological polar surface area (TPSA) is 49.3 Å². The standard InChI is InChI=1S/C13H14F3NO2/c1-9(18)17-7-3-2-4-10-5-6-11(19)8-12(10)13(14,15)16/h2,4-6,8,19H,3,7H2,1H3,(H,17,18). The predicted molar refractivity (Wildman–Crippen MR) is 65.4 cm³/mol. The number of phenols is 1. The number of benzene rings is 1. The smallest absolute Gasteiger partial charge is 0.417 e. The molecule has 104 valence electrons. The van der Waals surface area contributed by atoms with Gasteiger partial charge in [-0.05, 0) is 24.1 Å². The van der Waals surface area contributed by atoms with Gasteiger partial charge in [0.25, 0.3) is 0 Å². The lowest BCUT2D eigenvalue weighted by molar-refractivity contribution is -0.137. The molecule has 1 aromatic rings. The molecule has 6 heteroatoms. The van der Waals surface area contributed by atoms with Crippen molar-refractivity contribution < 1.29 is 23.1 Å². The van der Waals surface area contributed by atoms with Gasteiger partial charge in [0, 0.05) is 13.5 Å². The molecule has 0 atom stereocenters. The molecule has 0 radical (unpaired) electrons. The molecule has 2 N–H and O–H groups in total. The zero-order valence-electron chi connectivity index (χ0n) is 10.3. The van der Waals surface area contributed by atoms with Gasteiger partial charge in [0.15, 0.2) is 0 Å². The average Bonchev–Trinajstić information content (AvgIpc) is 2.28. The molecule has 1 aromatic carbocycles. The van der Waals surface area contributed by atoms with Crippen LogP contribution in [0.1, 0.15) is 24.5 Å². The number of aromatic hydroxyl groups is 1.